The lowest BCUT2D eigenvalue weighted by molar-refractivity contribution is 0.425. The van der Waals surface area contributed by atoms with E-state index < -0.39 is 7.12 Å². The second kappa shape index (κ2) is 5.83. The molecule has 5 aromatic carbocycles. The predicted molar refractivity (Wildman–Crippen MR) is 121 cm³/mol. The van der Waals surface area contributed by atoms with Crippen molar-refractivity contribution in [2.24, 2.45) is 0 Å². The van der Waals surface area contributed by atoms with Crippen molar-refractivity contribution in [3.05, 3.63) is 78.4 Å². The van der Waals surface area contributed by atoms with E-state index in [1.807, 2.05) is 19.1 Å². The fourth-order valence-electron chi connectivity index (χ4n) is 4.71. The zero-order valence-electron chi connectivity index (χ0n) is 15.8. The summed E-state index contributed by atoms with van der Waals surface area (Å²) >= 11 is 0. The Bertz CT molecular complexity index is 1560. The molecule has 2 N–H and O–H groups in total. The first-order valence-electron chi connectivity index (χ1n) is 9.69. The third-order valence-corrected chi connectivity index (χ3v) is 6.01. The number of rotatable bonds is 1. The molecule has 4 heteroatoms. The quantitative estimate of drug-likeness (QED) is 0.313. The maximum atomic E-state index is 9.86. The molecule has 0 aliphatic rings. The van der Waals surface area contributed by atoms with Gasteiger partial charge < -0.3 is 14.5 Å². The van der Waals surface area contributed by atoms with E-state index in [1.165, 1.54) is 16.2 Å². The van der Waals surface area contributed by atoms with Gasteiger partial charge in [-0.25, -0.2) is 0 Å². The van der Waals surface area contributed by atoms with Gasteiger partial charge in [0.1, 0.15) is 11.2 Å². The van der Waals surface area contributed by atoms with E-state index in [0.29, 0.717) is 11.0 Å². The Labute approximate surface area is 166 Å². The van der Waals surface area contributed by atoms with Crippen molar-refractivity contribution in [3.8, 4) is 0 Å². The van der Waals surface area contributed by atoms with Crippen LogP contribution < -0.4 is 5.46 Å². The second-order valence-corrected chi connectivity index (χ2v) is 7.61. The Morgan fingerprint density at radius 3 is 1.79 bits per heavy atom. The summed E-state index contributed by atoms with van der Waals surface area (Å²) in [7, 11) is -1.58. The van der Waals surface area contributed by atoms with Gasteiger partial charge in [0.25, 0.3) is 0 Å². The van der Waals surface area contributed by atoms with Crippen LogP contribution in [0.3, 0.4) is 0 Å². The molecule has 0 bridgehead atoms. The lowest BCUT2D eigenvalue weighted by atomic mass is 9.78. The van der Waals surface area contributed by atoms with Crippen molar-refractivity contribution in [1.29, 1.82) is 0 Å². The minimum Gasteiger partial charge on any atom is -0.456 e. The van der Waals surface area contributed by atoms with Gasteiger partial charge in [0, 0.05) is 21.6 Å². The Morgan fingerprint density at radius 1 is 0.586 bits per heavy atom. The van der Waals surface area contributed by atoms with Crippen LogP contribution in [0.15, 0.2) is 77.2 Å². The van der Waals surface area contributed by atoms with Gasteiger partial charge in [-0.05, 0) is 45.5 Å². The number of furan rings is 1. The molecule has 3 nitrogen and oxygen atoms in total. The monoisotopic (exact) mass is 376 g/mol. The first-order chi connectivity index (χ1) is 14.1. The molecule has 1 aromatic heterocycles. The third-order valence-electron chi connectivity index (χ3n) is 6.01. The van der Waals surface area contributed by atoms with Gasteiger partial charge in [-0.15, -0.1) is 0 Å². The molecular weight excluding hydrogens is 359 g/mol. The van der Waals surface area contributed by atoms with Gasteiger partial charge in [-0.1, -0.05) is 66.7 Å². The summed E-state index contributed by atoms with van der Waals surface area (Å²) in [6.07, 6.45) is 0. The first kappa shape index (κ1) is 16.6. The van der Waals surface area contributed by atoms with Crippen molar-refractivity contribution in [2.45, 2.75) is 6.92 Å². The molecule has 0 atom stereocenters. The molecule has 0 spiro atoms. The average Bonchev–Trinajstić information content (AvgIpc) is 3.14. The third kappa shape index (κ3) is 2.16. The first-order valence-corrected chi connectivity index (χ1v) is 9.69. The summed E-state index contributed by atoms with van der Waals surface area (Å²) in [5.41, 5.74) is 2.77. The van der Waals surface area contributed by atoms with E-state index in [4.69, 9.17) is 4.42 Å². The highest BCUT2D eigenvalue weighted by atomic mass is 16.4. The van der Waals surface area contributed by atoms with Gasteiger partial charge >= 0.3 is 7.12 Å². The smallest absolute Gasteiger partial charge is 0.456 e. The predicted octanol–water partition coefficient (Wildman–Crippen LogP) is 5.03. The van der Waals surface area contributed by atoms with Crippen LogP contribution in [0.5, 0.6) is 0 Å². The van der Waals surface area contributed by atoms with E-state index >= 15 is 0 Å². The number of aryl methyl sites for hydroxylation is 1. The molecule has 0 amide bonds. The largest absolute Gasteiger partial charge is 0.492 e. The highest BCUT2D eigenvalue weighted by Gasteiger charge is 2.22. The molecule has 0 saturated carbocycles. The maximum absolute atomic E-state index is 9.86. The summed E-state index contributed by atoms with van der Waals surface area (Å²) < 4.78 is 6.38. The molecule has 138 valence electrons. The van der Waals surface area contributed by atoms with Crippen LogP contribution in [-0.4, -0.2) is 17.2 Å². The van der Waals surface area contributed by atoms with E-state index in [0.717, 1.165) is 38.1 Å². The van der Waals surface area contributed by atoms with Gasteiger partial charge in [0.05, 0.1) is 0 Å². The fraction of sp³-hybridized carbons (Fsp3) is 0.0400. The van der Waals surface area contributed by atoms with Crippen LogP contribution in [-0.2, 0) is 0 Å². The molecule has 0 radical (unpaired) electrons. The van der Waals surface area contributed by atoms with Crippen LogP contribution in [0.25, 0.3) is 54.3 Å². The zero-order chi connectivity index (χ0) is 19.7. The van der Waals surface area contributed by atoms with Crippen LogP contribution in [0.2, 0.25) is 0 Å². The van der Waals surface area contributed by atoms with Gasteiger partial charge in [-0.3, -0.25) is 0 Å². The highest BCUT2D eigenvalue weighted by molar-refractivity contribution is 6.62. The Kier molecular flexibility index (Phi) is 3.34. The van der Waals surface area contributed by atoms with Gasteiger partial charge in [0.2, 0.25) is 0 Å². The SMILES string of the molecule is Cc1ccc(B(O)O)c2oc3c(ccc4c5ccccc5c5ccccc5c43)c12. The lowest BCUT2D eigenvalue weighted by Crippen LogP contribution is -2.30. The van der Waals surface area contributed by atoms with E-state index in [-0.39, 0.29) is 0 Å². The number of benzene rings is 5. The van der Waals surface area contributed by atoms with Crippen molar-refractivity contribution < 1.29 is 14.5 Å². The molecule has 0 fully saturated rings. The summed E-state index contributed by atoms with van der Waals surface area (Å²) in [5, 5.41) is 28.6. The van der Waals surface area contributed by atoms with Crippen molar-refractivity contribution in [3.63, 3.8) is 0 Å². The second-order valence-electron chi connectivity index (χ2n) is 7.61. The Morgan fingerprint density at radius 2 is 1.14 bits per heavy atom. The average molecular weight is 376 g/mol. The zero-order valence-corrected chi connectivity index (χ0v) is 15.8. The molecule has 6 rings (SSSR count). The number of hydrogen-bond donors (Lipinski definition) is 2. The Balaban J connectivity index is 1.95. The van der Waals surface area contributed by atoms with Crippen LogP contribution in [0, 0.1) is 6.92 Å². The molecule has 1 heterocycles. The van der Waals surface area contributed by atoms with Crippen LogP contribution in [0.4, 0.5) is 0 Å². The number of fused-ring (bicyclic) bond motifs is 10. The van der Waals surface area contributed by atoms with Crippen LogP contribution >= 0.6 is 0 Å². The molecule has 0 saturated heterocycles. The minimum atomic E-state index is -1.58. The van der Waals surface area contributed by atoms with E-state index in [9.17, 15) is 10.0 Å². The van der Waals surface area contributed by atoms with Crippen molar-refractivity contribution in [1.82, 2.24) is 0 Å². The van der Waals surface area contributed by atoms with E-state index in [1.54, 1.807) is 6.07 Å². The normalized spacial score (nSPS) is 12.0. The van der Waals surface area contributed by atoms with Gasteiger partial charge in [-0.2, -0.15) is 0 Å². The standard InChI is InChI=1S/C25H17BO3/c1-14-10-13-21(26(27)28)25-22(14)20-12-11-19-17-8-3-2-6-15(17)16-7-4-5-9-18(16)23(19)24(20)29-25/h2-13,27-28H,1H3. The molecule has 0 unspecified atom stereocenters. The molecular formula is C25H17BO3. The molecule has 6 aromatic rings. The lowest BCUT2D eigenvalue weighted by Gasteiger charge is -2.10. The molecule has 0 aliphatic carbocycles. The topological polar surface area (TPSA) is 53.6 Å². The highest BCUT2D eigenvalue weighted by Crippen LogP contribution is 2.41. The van der Waals surface area contributed by atoms with Crippen molar-refractivity contribution in [2.75, 3.05) is 0 Å². The Hall–Kier alpha value is -3.34. The van der Waals surface area contributed by atoms with Crippen molar-refractivity contribution >= 4 is 66.8 Å². The summed E-state index contributed by atoms with van der Waals surface area (Å²) in [6, 6.07) is 24.7. The molecule has 29 heavy (non-hydrogen) atoms. The van der Waals surface area contributed by atoms with Gasteiger partial charge in [0.15, 0.2) is 0 Å². The minimum absolute atomic E-state index is 0.389. The van der Waals surface area contributed by atoms with Crippen LogP contribution in [0.1, 0.15) is 5.56 Å². The molecule has 0 aliphatic heterocycles. The number of hydrogen-bond acceptors (Lipinski definition) is 3. The summed E-state index contributed by atoms with van der Waals surface area (Å²) in [6.45, 7) is 2.02. The maximum Gasteiger partial charge on any atom is 0.492 e. The summed E-state index contributed by atoms with van der Waals surface area (Å²) in [4.78, 5) is 0. The summed E-state index contributed by atoms with van der Waals surface area (Å²) in [5.74, 6) is 0. The van der Waals surface area contributed by atoms with E-state index in [2.05, 4.69) is 54.6 Å². The fourth-order valence-corrected chi connectivity index (χ4v) is 4.71.